The molecule has 29 heavy (non-hydrogen) atoms. The maximum atomic E-state index is 12.5. The minimum absolute atomic E-state index is 0.0210. The van der Waals surface area contributed by atoms with Gasteiger partial charge in [-0.2, -0.15) is 0 Å². The summed E-state index contributed by atoms with van der Waals surface area (Å²) in [7, 11) is 0. The number of amides is 1. The molecular weight excluding hydrogens is 406 g/mol. The fourth-order valence-electron chi connectivity index (χ4n) is 3.07. The molecule has 0 bridgehead atoms. The monoisotopic (exact) mass is 433 g/mol. The molecule has 0 aliphatic heterocycles. The van der Waals surface area contributed by atoms with Crippen LogP contribution in [0.1, 0.15) is 57.2 Å². The summed E-state index contributed by atoms with van der Waals surface area (Å²) in [6.07, 6.45) is -0.0673. The Labute approximate surface area is 182 Å². The summed E-state index contributed by atoms with van der Waals surface area (Å²) < 4.78 is 0. The number of carboxylic acid groups (broad SMARTS) is 1. The van der Waals surface area contributed by atoms with Crippen molar-refractivity contribution in [2.75, 3.05) is 5.32 Å². The highest BCUT2D eigenvalue weighted by Gasteiger charge is 2.23. The van der Waals surface area contributed by atoms with Crippen LogP contribution in [0.2, 0.25) is 5.02 Å². The normalized spacial score (nSPS) is 11.6. The third-order valence-electron chi connectivity index (χ3n) is 4.49. The van der Waals surface area contributed by atoms with Crippen LogP contribution in [0.3, 0.4) is 0 Å². The van der Waals surface area contributed by atoms with Crippen molar-refractivity contribution in [2.24, 2.45) is 5.41 Å². The Morgan fingerprint density at radius 2 is 1.83 bits per heavy atom. The summed E-state index contributed by atoms with van der Waals surface area (Å²) in [6, 6.07) is 9.30. The largest absolute Gasteiger partial charge is 0.481 e. The molecule has 0 radical (unpaired) electrons. The molecule has 0 aliphatic carbocycles. The van der Waals surface area contributed by atoms with E-state index in [4.69, 9.17) is 16.7 Å². The number of halogens is 1. The molecule has 2 rings (SSSR count). The highest BCUT2D eigenvalue weighted by molar-refractivity contribution is 7.99. The third-order valence-corrected chi connectivity index (χ3v) is 5.84. The van der Waals surface area contributed by atoms with E-state index in [2.05, 4.69) is 19.2 Å². The highest BCUT2D eigenvalue weighted by atomic mass is 35.5. The van der Waals surface area contributed by atoms with Gasteiger partial charge in [0.2, 0.25) is 5.91 Å². The zero-order chi connectivity index (χ0) is 21.9. The molecule has 0 heterocycles. The van der Waals surface area contributed by atoms with Crippen LogP contribution < -0.4 is 5.32 Å². The van der Waals surface area contributed by atoms with Crippen LogP contribution in [0, 0.1) is 12.3 Å². The molecule has 0 unspecified atom stereocenters. The molecule has 0 saturated heterocycles. The number of benzene rings is 2. The number of carbonyl (C=O) groups is 2. The molecule has 2 aromatic rings. The summed E-state index contributed by atoms with van der Waals surface area (Å²) in [4.78, 5) is 25.4. The quantitative estimate of drug-likeness (QED) is 0.543. The number of carboxylic acids is 1. The van der Waals surface area contributed by atoms with E-state index >= 15 is 0 Å². The summed E-state index contributed by atoms with van der Waals surface area (Å²) in [5.74, 6) is -0.680. The van der Waals surface area contributed by atoms with Gasteiger partial charge in [-0.05, 0) is 59.9 Å². The van der Waals surface area contributed by atoms with Gasteiger partial charge in [-0.15, -0.1) is 0 Å². The molecule has 156 valence electrons. The van der Waals surface area contributed by atoms with E-state index in [9.17, 15) is 9.59 Å². The number of hydrogen-bond acceptors (Lipinski definition) is 3. The lowest BCUT2D eigenvalue weighted by Crippen LogP contribution is -2.28. The van der Waals surface area contributed by atoms with Crippen molar-refractivity contribution in [3.05, 3.63) is 52.0 Å². The second-order valence-electron chi connectivity index (χ2n) is 8.48. The molecule has 2 aromatic carbocycles. The van der Waals surface area contributed by atoms with Gasteiger partial charge in [-0.3, -0.25) is 9.59 Å². The Morgan fingerprint density at radius 1 is 1.17 bits per heavy atom. The van der Waals surface area contributed by atoms with Gasteiger partial charge in [0.1, 0.15) is 0 Å². The van der Waals surface area contributed by atoms with Crippen molar-refractivity contribution >= 4 is 40.9 Å². The van der Waals surface area contributed by atoms with E-state index in [0.717, 1.165) is 26.6 Å². The number of anilines is 1. The zero-order valence-corrected chi connectivity index (χ0v) is 19.3. The molecule has 0 saturated carbocycles. The highest BCUT2D eigenvalue weighted by Crippen LogP contribution is 2.39. The van der Waals surface area contributed by atoms with Crippen LogP contribution in [0.15, 0.2) is 40.1 Å². The van der Waals surface area contributed by atoms with Gasteiger partial charge in [-0.1, -0.05) is 58.0 Å². The van der Waals surface area contributed by atoms with Crippen molar-refractivity contribution in [1.29, 1.82) is 0 Å². The Bertz CT molecular complexity index is 932. The van der Waals surface area contributed by atoms with E-state index in [1.807, 2.05) is 52.0 Å². The molecule has 4 nitrogen and oxygen atoms in total. The van der Waals surface area contributed by atoms with Crippen molar-refractivity contribution in [3.63, 3.8) is 0 Å². The average molecular weight is 434 g/mol. The minimum atomic E-state index is -0.888. The van der Waals surface area contributed by atoms with Crippen LogP contribution in [0.25, 0.3) is 0 Å². The van der Waals surface area contributed by atoms with E-state index in [1.54, 1.807) is 17.8 Å². The molecule has 6 heteroatoms. The SMILES string of the molecule is Cc1c(Sc2cc(Cl)cc(CC(=O)O)c2)ccc(NC(=O)C(C)(C)C)c1C(C)C. The molecular formula is C23H28ClNO3S. The predicted octanol–water partition coefficient (Wildman–Crippen LogP) is 6.53. The van der Waals surface area contributed by atoms with Crippen molar-refractivity contribution in [2.45, 2.75) is 63.7 Å². The predicted molar refractivity (Wildman–Crippen MR) is 120 cm³/mol. The van der Waals surface area contributed by atoms with Crippen molar-refractivity contribution in [1.82, 2.24) is 0 Å². The topological polar surface area (TPSA) is 66.4 Å². The van der Waals surface area contributed by atoms with Crippen LogP contribution in [-0.2, 0) is 16.0 Å². The van der Waals surface area contributed by atoms with Crippen LogP contribution >= 0.6 is 23.4 Å². The molecule has 0 atom stereocenters. The van der Waals surface area contributed by atoms with Gasteiger partial charge in [0, 0.05) is 25.9 Å². The second kappa shape index (κ2) is 9.23. The number of nitrogens with one attached hydrogen (secondary N) is 1. The Morgan fingerprint density at radius 3 is 2.38 bits per heavy atom. The molecule has 1 amide bonds. The summed E-state index contributed by atoms with van der Waals surface area (Å²) in [6.45, 7) is 11.9. The lowest BCUT2D eigenvalue weighted by atomic mass is 9.93. The zero-order valence-electron chi connectivity index (χ0n) is 17.7. The first-order valence-electron chi connectivity index (χ1n) is 9.52. The number of aliphatic carboxylic acids is 1. The Hall–Kier alpha value is -1.98. The van der Waals surface area contributed by atoms with Gasteiger partial charge >= 0.3 is 5.97 Å². The first kappa shape index (κ1) is 23.3. The smallest absolute Gasteiger partial charge is 0.307 e. The van der Waals surface area contributed by atoms with E-state index < -0.39 is 11.4 Å². The maximum absolute atomic E-state index is 12.5. The second-order valence-corrected chi connectivity index (χ2v) is 10.0. The average Bonchev–Trinajstić information content (AvgIpc) is 2.55. The standard InChI is InChI=1S/C23H28ClNO3S/c1-13(2)21-14(3)19(8-7-18(21)25-22(28)23(4,5)6)29-17-10-15(11-20(26)27)9-16(24)12-17/h7-10,12-13H,11H2,1-6H3,(H,25,28)(H,26,27). The van der Waals surface area contributed by atoms with Crippen LogP contribution in [0.5, 0.6) is 0 Å². The summed E-state index contributed by atoms with van der Waals surface area (Å²) in [5, 5.41) is 12.6. The van der Waals surface area contributed by atoms with E-state index in [-0.39, 0.29) is 18.2 Å². The Balaban J connectivity index is 2.40. The summed E-state index contributed by atoms with van der Waals surface area (Å²) >= 11 is 7.74. The van der Waals surface area contributed by atoms with Gasteiger partial charge in [-0.25, -0.2) is 0 Å². The fraction of sp³-hybridized carbons (Fsp3) is 0.391. The Kier molecular flexibility index (Phi) is 7.41. The van der Waals surface area contributed by atoms with Gasteiger partial charge in [0.15, 0.2) is 0 Å². The number of hydrogen-bond donors (Lipinski definition) is 2. The number of carbonyl (C=O) groups excluding carboxylic acids is 1. The first-order valence-corrected chi connectivity index (χ1v) is 10.7. The third kappa shape index (κ3) is 6.25. The van der Waals surface area contributed by atoms with Crippen LogP contribution in [0.4, 0.5) is 5.69 Å². The van der Waals surface area contributed by atoms with Gasteiger partial charge in [0.05, 0.1) is 6.42 Å². The lowest BCUT2D eigenvalue weighted by Gasteiger charge is -2.23. The molecule has 0 aromatic heterocycles. The lowest BCUT2D eigenvalue weighted by molar-refractivity contribution is -0.136. The van der Waals surface area contributed by atoms with Crippen LogP contribution in [-0.4, -0.2) is 17.0 Å². The van der Waals surface area contributed by atoms with E-state index in [1.165, 1.54) is 0 Å². The van der Waals surface area contributed by atoms with Crippen molar-refractivity contribution in [3.8, 4) is 0 Å². The van der Waals surface area contributed by atoms with E-state index in [0.29, 0.717) is 10.6 Å². The first-order chi connectivity index (χ1) is 13.4. The molecule has 0 fully saturated rings. The van der Waals surface area contributed by atoms with Gasteiger partial charge in [0.25, 0.3) is 0 Å². The van der Waals surface area contributed by atoms with Gasteiger partial charge < -0.3 is 10.4 Å². The molecule has 0 spiro atoms. The summed E-state index contributed by atoms with van der Waals surface area (Å²) in [5.41, 5.74) is 3.22. The molecule has 2 N–H and O–H groups in total. The van der Waals surface area contributed by atoms with Crippen molar-refractivity contribution < 1.29 is 14.7 Å². The number of rotatable bonds is 6. The fourth-order valence-corrected chi connectivity index (χ4v) is 4.44. The minimum Gasteiger partial charge on any atom is -0.481 e. The maximum Gasteiger partial charge on any atom is 0.307 e. The molecule has 0 aliphatic rings.